The zero-order valence-corrected chi connectivity index (χ0v) is 13.7. The van der Waals surface area contributed by atoms with Gasteiger partial charge in [-0.25, -0.2) is 0 Å². The predicted octanol–water partition coefficient (Wildman–Crippen LogP) is 4.68. The van der Waals surface area contributed by atoms with E-state index in [9.17, 15) is 0 Å². The summed E-state index contributed by atoms with van der Waals surface area (Å²) in [5.41, 5.74) is 9.56. The van der Waals surface area contributed by atoms with Crippen molar-refractivity contribution in [2.24, 2.45) is 17.6 Å². The highest BCUT2D eigenvalue weighted by molar-refractivity contribution is 5.29. The van der Waals surface area contributed by atoms with Crippen LogP contribution in [0.25, 0.3) is 0 Å². The average Bonchev–Trinajstić information content (AvgIpc) is 2.39. The molecule has 1 aliphatic rings. The first kappa shape index (κ1) is 15.6. The highest BCUT2D eigenvalue weighted by Crippen LogP contribution is 2.41. The van der Waals surface area contributed by atoms with Crippen molar-refractivity contribution in [3.63, 3.8) is 0 Å². The molecule has 3 unspecified atom stereocenters. The van der Waals surface area contributed by atoms with E-state index in [1.165, 1.54) is 43.2 Å². The Bertz CT molecular complexity index is 418. The van der Waals surface area contributed by atoms with Gasteiger partial charge < -0.3 is 5.73 Å². The second-order valence-corrected chi connectivity index (χ2v) is 7.36. The Kier molecular flexibility index (Phi) is 4.90. The molecule has 1 aromatic carbocycles. The van der Waals surface area contributed by atoms with Crippen LogP contribution in [0.4, 0.5) is 0 Å². The van der Waals surface area contributed by atoms with Crippen LogP contribution in [0.15, 0.2) is 24.3 Å². The minimum absolute atomic E-state index is 0.185. The molecular formula is C19H31N. The van der Waals surface area contributed by atoms with Crippen molar-refractivity contribution in [1.82, 2.24) is 0 Å². The molecular weight excluding hydrogens is 242 g/mol. The smallest absolute Gasteiger partial charge is 0.00780 e. The van der Waals surface area contributed by atoms with Gasteiger partial charge in [0.25, 0.3) is 0 Å². The van der Waals surface area contributed by atoms with Crippen LogP contribution >= 0.6 is 0 Å². The molecule has 1 saturated carbocycles. The molecule has 0 bridgehead atoms. The highest BCUT2D eigenvalue weighted by atomic mass is 14.7. The van der Waals surface area contributed by atoms with Gasteiger partial charge in [-0.15, -0.1) is 0 Å². The lowest BCUT2D eigenvalue weighted by atomic mass is 9.64. The van der Waals surface area contributed by atoms with Gasteiger partial charge in [-0.2, -0.15) is 0 Å². The third kappa shape index (κ3) is 3.25. The Morgan fingerprint density at radius 3 is 2.35 bits per heavy atom. The fraction of sp³-hybridized carbons (Fsp3) is 0.684. The number of nitrogens with two attached hydrogens (primary N) is 1. The standard InChI is InChI=1S/C19H31N/c1-5-6-15-8-10-16(11-9-15)19(3,4)17-12-7-14(2)13-18(17)20/h8-11,14,17-18H,5-7,12-13,20H2,1-4H3. The van der Waals surface area contributed by atoms with E-state index in [1.54, 1.807) is 0 Å². The molecule has 112 valence electrons. The lowest BCUT2D eigenvalue weighted by Crippen LogP contribution is -2.45. The summed E-state index contributed by atoms with van der Waals surface area (Å²) in [4.78, 5) is 0. The van der Waals surface area contributed by atoms with Gasteiger partial charge in [0.1, 0.15) is 0 Å². The van der Waals surface area contributed by atoms with E-state index in [0.717, 1.165) is 5.92 Å². The number of benzene rings is 1. The number of hydrogen-bond donors (Lipinski definition) is 1. The van der Waals surface area contributed by atoms with Crippen LogP contribution in [0.1, 0.15) is 64.5 Å². The van der Waals surface area contributed by atoms with Crippen LogP contribution < -0.4 is 5.73 Å². The van der Waals surface area contributed by atoms with E-state index in [4.69, 9.17) is 5.73 Å². The molecule has 0 aromatic heterocycles. The number of aryl methyl sites for hydroxylation is 1. The molecule has 1 aromatic rings. The maximum atomic E-state index is 6.47. The number of hydrogen-bond acceptors (Lipinski definition) is 1. The van der Waals surface area contributed by atoms with Gasteiger partial charge in [-0.05, 0) is 47.6 Å². The van der Waals surface area contributed by atoms with Gasteiger partial charge in [0.05, 0.1) is 0 Å². The SMILES string of the molecule is CCCc1ccc(C(C)(C)C2CCC(C)CC2N)cc1. The summed E-state index contributed by atoms with van der Waals surface area (Å²) in [6, 6.07) is 9.62. The fourth-order valence-corrected chi connectivity index (χ4v) is 3.92. The molecule has 2 rings (SSSR count). The van der Waals surface area contributed by atoms with Gasteiger partial charge in [-0.3, -0.25) is 0 Å². The zero-order valence-electron chi connectivity index (χ0n) is 13.7. The van der Waals surface area contributed by atoms with Crippen molar-refractivity contribution in [2.75, 3.05) is 0 Å². The number of rotatable bonds is 4. The van der Waals surface area contributed by atoms with Crippen molar-refractivity contribution < 1.29 is 0 Å². The van der Waals surface area contributed by atoms with Gasteiger partial charge in [0.2, 0.25) is 0 Å². The van der Waals surface area contributed by atoms with E-state index in [2.05, 4.69) is 52.0 Å². The molecule has 2 N–H and O–H groups in total. The van der Waals surface area contributed by atoms with Crippen molar-refractivity contribution in [1.29, 1.82) is 0 Å². The molecule has 0 aliphatic heterocycles. The quantitative estimate of drug-likeness (QED) is 0.847. The Labute approximate surface area is 125 Å². The maximum Gasteiger partial charge on any atom is 0.00780 e. The van der Waals surface area contributed by atoms with E-state index >= 15 is 0 Å². The van der Waals surface area contributed by atoms with E-state index in [-0.39, 0.29) is 5.41 Å². The van der Waals surface area contributed by atoms with E-state index in [0.29, 0.717) is 12.0 Å². The van der Waals surface area contributed by atoms with Crippen LogP contribution in [0, 0.1) is 11.8 Å². The monoisotopic (exact) mass is 273 g/mol. The Hall–Kier alpha value is -0.820. The third-order valence-corrected chi connectivity index (χ3v) is 5.33. The van der Waals surface area contributed by atoms with Gasteiger partial charge in [-0.1, -0.05) is 64.8 Å². The van der Waals surface area contributed by atoms with Gasteiger partial charge in [0, 0.05) is 6.04 Å². The summed E-state index contributed by atoms with van der Waals surface area (Å²) in [5.74, 6) is 1.40. The zero-order chi connectivity index (χ0) is 14.8. The molecule has 0 radical (unpaired) electrons. The van der Waals surface area contributed by atoms with Gasteiger partial charge >= 0.3 is 0 Å². The summed E-state index contributed by atoms with van der Waals surface area (Å²) >= 11 is 0. The lowest BCUT2D eigenvalue weighted by Gasteiger charge is -2.43. The van der Waals surface area contributed by atoms with Crippen molar-refractivity contribution >= 4 is 0 Å². The molecule has 0 spiro atoms. The maximum absolute atomic E-state index is 6.47. The van der Waals surface area contributed by atoms with Crippen molar-refractivity contribution in [3.8, 4) is 0 Å². The Balaban J connectivity index is 2.16. The van der Waals surface area contributed by atoms with E-state index in [1.807, 2.05) is 0 Å². The predicted molar refractivity (Wildman–Crippen MR) is 87.9 cm³/mol. The first-order valence-corrected chi connectivity index (χ1v) is 8.30. The molecule has 20 heavy (non-hydrogen) atoms. The summed E-state index contributed by atoms with van der Waals surface area (Å²) in [7, 11) is 0. The second-order valence-electron chi connectivity index (χ2n) is 7.36. The minimum Gasteiger partial charge on any atom is -0.327 e. The molecule has 3 atom stereocenters. The summed E-state index contributed by atoms with van der Waals surface area (Å²) in [5, 5.41) is 0. The van der Waals surface area contributed by atoms with Crippen LogP contribution in [0.3, 0.4) is 0 Å². The molecule has 1 fully saturated rings. The largest absolute Gasteiger partial charge is 0.327 e. The van der Waals surface area contributed by atoms with Crippen molar-refractivity contribution in [3.05, 3.63) is 35.4 Å². The van der Waals surface area contributed by atoms with Gasteiger partial charge in [0.15, 0.2) is 0 Å². The van der Waals surface area contributed by atoms with Crippen LogP contribution in [0.5, 0.6) is 0 Å². The summed E-state index contributed by atoms with van der Waals surface area (Å²) in [6.45, 7) is 9.33. The Morgan fingerprint density at radius 2 is 1.80 bits per heavy atom. The first-order valence-electron chi connectivity index (χ1n) is 8.30. The first-order chi connectivity index (χ1) is 9.45. The normalized spacial score (nSPS) is 27.6. The third-order valence-electron chi connectivity index (χ3n) is 5.33. The molecule has 0 saturated heterocycles. The van der Waals surface area contributed by atoms with E-state index < -0.39 is 0 Å². The molecule has 0 amide bonds. The molecule has 0 heterocycles. The highest BCUT2D eigenvalue weighted by Gasteiger charge is 2.38. The topological polar surface area (TPSA) is 26.0 Å². The molecule has 1 aliphatic carbocycles. The average molecular weight is 273 g/mol. The van der Waals surface area contributed by atoms with Crippen LogP contribution in [-0.4, -0.2) is 6.04 Å². The Morgan fingerprint density at radius 1 is 1.15 bits per heavy atom. The minimum atomic E-state index is 0.185. The fourth-order valence-electron chi connectivity index (χ4n) is 3.92. The lowest BCUT2D eigenvalue weighted by molar-refractivity contribution is 0.171. The summed E-state index contributed by atoms with van der Waals surface area (Å²) in [6.07, 6.45) is 6.18. The second kappa shape index (κ2) is 6.30. The van der Waals surface area contributed by atoms with Crippen LogP contribution in [-0.2, 0) is 11.8 Å². The van der Waals surface area contributed by atoms with Crippen molar-refractivity contribution in [2.45, 2.75) is 71.3 Å². The molecule has 1 nitrogen and oxygen atoms in total. The molecule has 1 heteroatoms. The summed E-state index contributed by atoms with van der Waals surface area (Å²) < 4.78 is 0. The van der Waals surface area contributed by atoms with Crippen LogP contribution in [0.2, 0.25) is 0 Å².